The number of hydrogen-bond donors (Lipinski definition) is 0. The van der Waals surface area contributed by atoms with E-state index < -0.39 is 8.03 Å². The molecule has 0 bridgehead atoms. The minimum Gasteiger partial charge on any atom is -0.254 e. The summed E-state index contributed by atoms with van der Waals surface area (Å²) in [4.78, 5) is 0. The highest BCUT2D eigenvalue weighted by molar-refractivity contribution is 7.40. The van der Waals surface area contributed by atoms with Crippen LogP contribution in [0.25, 0.3) is 0 Å². The van der Waals surface area contributed by atoms with E-state index in [1.807, 2.05) is 50.3 Å². The minimum atomic E-state index is -1.76. The molecule has 0 heterocycles. The van der Waals surface area contributed by atoms with Crippen LogP contribution in [0.4, 0.5) is 0 Å². The van der Waals surface area contributed by atoms with Crippen molar-refractivity contribution in [3.8, 4) is 5.75 Å². The lowest BCUT2D eigenvalue weighted by molar-refractivity contribution is 0.499. The Morgan fingerprint density at radius 3 is 2.61 bits per heavy atom. The molecule has 0 saturated carbocycles. The van der Waals surface area contributed by atoms with E-state index in [1.165, 1.54) is 0 Å². The van der Waals surface area contributed by atoms with Crippen molar-refractivity contribution in [2.45, 2.75) is 19.5 Å². The van der Waals surface area contributed by atoms with Crippen molar-refractivity contribution < 1.29 is 9.09 Å². The van der Waals surface area contributed by atoms with Crippen LogP contribution in [-0.2, 0) is 4.57 Å². The SMILES string of the molecule is C=C/C=C\C=C(\C)C(C)[P+](=O)Oc1ccccc1. The maximum Gasteiger partial charge on any atom is 0.563 e. The Morgan fingerprint density at radius 1 is 1.33 bits per heavy atom. The predicted octanol–water partition coefficient (Wildman–Crippen LogP) is 4.88. The van der Waals surface area contributed by atoms with Gasteiger partial charge in [0.2, 0.25) is 5.66 Å². The molecular formula is C15H18O2P+. The Hall–Kier alpha value is -1.66. The molecule has 2 atom stereocenters. The van der Waals surface area contributed by atoms with Crippen LogP contribution in [0.2, 0.25) is 0 Å². The molecule has 3 heteroatoms. The summed E-state index contributed by atoms with van der Waals surface area (Å²) in [6, 6.07) is 9.22. The molecule has 0 aliphatic rings. The van der Waals surface area contributed by atoms with Gasteiger partial charge in [0.15, 0.2) is 5.75 Å². The molecule has 0 aliphatic heterocycles. The molecule has 94 valence electrons. The van der Waals surface area contributed by atoms with Gasteiger partial charge >= 0.3 is 8.03 Å². The second kappa shape index (κ2) is 7.62. The molecule has 0 N–H and O–H groups in total. The quantitative estimate of drug-likeness (QED) is 0.538. The minimum absolute atomic E-state index is 0.116. The first-order valence-corrected chi connectivity index (χ1v) is 7.05. The average Bonchev–Trinajstić information content (AvgIpc) is 2.39. The van der Waals surface area contributed by atoms with Crippen LogP contribution in [0.1, 0.15) is 13.8 Å². The van der Waals surface area contributed by atoms with Gasteiger partial charge in [-0.2, -0.15) is 0 Å². The van der Waals surface area contributed by atoms with Crippen molar-refractivity contribution >= 4 is 8.03 Å². The zero-order chi connectivity index (χ0) is 13.4. The predicted molar refractivity (Wildman–Crippen MR) is 77.2 cm³/mol. The van der Waals surface area contributed by atoms with Crippen molar-refractivity contribution in [1.82, 2.24) is 0 Å². The Morgan fingerprint density at radius 2 is 2.00 bits per heavy atom. The lowest BCUT2D eigenvalue weighted by atomic mass is 10.2. The van der Waals surface area contributed by atoms with Crippen molar-refractivity contribution in [3.05, 3.63) is 66.8 Å². The molecule has 2 unspecified atom stereocenters. The summed E-state index contributed by atoms with van der Waals surface area (Å²) < 4.78 is 17.5. The van der Waals surface area contributed by atoms with Crippen LogP contribution < -0.4 is 4.52 Å². The number of rotatable bonds is 6. The summed E-state index contributed by atoms with van der Waals surface area (Å²) in [5.41, 5.74) is 0.903. The van der Waals surface area contributed by atoms with E-state index in [4.69, 9.17) is 4.52 Å². The standard InChI is InChI=1S/C15H18O2P/c1-4-5-7-10-13(2)14(3)18(16)17-15-11-8-6-9-12-15/h4-12,14H,1H2,2-3H3/q+1/b7-5-,13-10-. The summed E-state index contributed by atoms with van der Waals surface area (Å²) >= 11 is 0. The molecular weight excluding hydrogens is 243 g/mol. The van der Waals surface area contributed by atoms with Crippen molar-refractivity contribution in [3.63, 3.8) is 0 Å². The number of benzene rings is 1. The maximum absolute atomic E-state index is 12.0. The highest BCUT2D eigenvalue weighted by Crippen LogP contribution is 2.35. The van der Waals surface area contributed by atoms with Crippen LogP contribution in [-0.4, -0.2) is 5.66 Å². The van der Waals surface area contributed by atoms with Crippen LogP contribution in [0, 0.1) is 0 Å². The van der Waals surface area contributed by atoms with E-state index >= 15 is 0 Å². The Labute approximate surface area is 110 Å². The number of hydrogen-bond acceptors (Lipinski definition) is 2. The molecule has 1 aromatic carbocycles. The third-order valence-electron chi connectivity index (χ3n) is 2.52. The summed E-state index contributed by atoms with van der Waals surface area (Å²) in [5, 5.41) is 0. The van der Waals surface area contributed by atoms with Crippen molar-refractivity contribution in [2.24, 2.45) is 0 Å². The van der Waals surface area contributed by atoms with Crippen LogP contribution >= 0.6 is 8.03 Å². The molecule has 0 saturated heterocycles. The van der Waals surface area contributed by atoms with Gasteiger partial charge in [0.1, 0.15) is 0 Å². The molecule has 0 spiro atoms. The first-order valence-electron chi connectivity index (χ1n) is 5.80. The van der Waals surface area contributed by atoms with Gasteiger partial charge in [0.05, 0.1) is 0 Å². The molecule has 1 aromatic rings. The smallest absolute Gasteiger partial charge is 0.254 e. The molecule has 0 amide bonds. The van der Waals surface area contributed by atoms with Gasteiger partial charge < -0.3 is 0 Å². The van der Waals surface area contributed by atoms with Gasteiger partial charge in [-0.05, 0) is 36.1 Å². The fraction of sp³-hybridized carbons (Fsp3) is 0.200. The molecule has 0 fully saturated rings. The molecule has 1 rings (SSSR count). The van der Waals surface area contributed by atoms with Crippen molar-refractivity contribution in [1.29, 1.82) is 0 Å². The Bertz CT molecular complexity index is 461. The van der Waals surface area contributed by atoms with E-state index in [2.05, 4.69) is 6.58 Å². The summed E-state index contributed by atoms with van der Waals surface area (Å²) in [6.07, 6.45) is 7.34. The number of allylic oxidation sites excluding steroid dienone is 5. The topological polar surface area (TPSA) is 26.3 Å². The van der Waals surface area contributed by atoms with Crippen LogP contribution in [0.5, 0.6) is 5.75 Å². The summed E-state index contributed by atoms with van der Waals surface area (Å²) in [5.74, 6) is 0.639. The Kier molecular flexibility index (Phi) is 6.10. The van der Waals surface area contributed by atoms with E-state index in [1.54, 1.807) is 18.2 Å². The normalized spacial score (nSPS) is 14.3. The van der Waals surface area contributed by atoms with Gasteiger partial charge in [-0.15, -0.1) is 0 Å². The van der Waals surface area contributed by atoms with Gasteiger partial charge in [-0.3, -0.25) is 4.52 Å². The van der Waals surface area contributed by atoms with E-state index in [9.17, 15) is 4.57 Å². The Balaban J connectivity index is 2.64. The maximum atomic E-state index is 12.0. The monoisotopic (exact) mass is 261 g/mol. The van der Waals surface area contributed by atoms with Crippen molar-refractivity contribution in [2.75, 3.05) is 0 Å². The van der Waals surface area contributed by atoms with Crippen LogP contribution in [0.3, 0.4) is 0 Å². The third-order valence-corrected chi connectivity index (χ3v) is 3.95. The van der Waals surface area contributed by atoms with E-state index in [0.29, 0.717) is 5.75 Å². The lowest BCUT2D eigenvalue weighted by Crippen LogP contribution is -2.00. The highest BCUT2D eigenvalue weighted by Gasteiger charge is 2.30. The van der Waals surface area contributed by atoms with E-state index in [-0.39, 0.29) is 5.66 Å². The molecule has 2 nitrogen and oxygen atoms in total. The molecule has 18 heavy (non-hydrogen) atoms. The fourth-order valence-electron chi connectivity index (χ4n) is 1.26. The van der Waals surface area contributed by atoms with Gasteiger partial charge in [-0.25, -0.2) is 0 Å². The number of para-hydroxylation sites is 1. The van der Waals surface area contributed by atoms with Gasteiger partial charge in [0, 0.05) is 0 Å². The largest absolute Gasteiger partial charge is 0.563 e. The van der Waals surface area contributed by atoms with E-state index in [0.717, 1.165) is 5.57 Å². The zero-order valence-corrected chi connectivity index (χ0v) is 11.6. The van der Waals surface area contributed by atoms with Gasteiger partial charge in [0.25, 0.3) is 0 Å². The lowest BCUT2D eigenvalue weighted by Gasteiger charge is -2.00. The van der Waals surface area contributed by atoms with Crippen LogP contribution in [0.15, 0.2) is 66.8 Å². The zero-order valence-electron chi connectivity index (χ0n) is 10.7. The first kappa shape index (κ1) is 14.4. The third kappa shape index (κ3) is 4.68. The second-order valence-corrected chi connectivity index (χ2v) is 5.42. The first-order chi connectivity index (χ1) is 8.65. The highest BCUT2D eigenvalue weighted by atomic mass is 31.1. The molecule has 0 aliphatic carbocycles. The summed E-state index contributed by atoms with van der Waals surface area (Å²) in [6.45, 7) is 7.44. The summed E-state index contributed by atoms with van der Waals surface area (Å²) in [7, 11) is -1.76. The molecule has 0 aromatic heterocycles. The molecule has 0 radical (unpaired) electrons. The average molecular weight is 261 g/mol. The van der Waals surface area contributed by atoms with Gasteiger partial charge in [-0.1, -0.05) is 49.1 Å². The fourth-order valence-corrected chi connectivity index (χ4v) is 2.16. The second-order valence-electron chi connectivity index (χ2n) is 3.90.